The number of carbonyl (C=O) groups excluding carboxylic acids is 3. The van der Waals surface area contributed by atoms with Gasteiger partial charge in [-0.3, -0.25) is 19.3 Å². The van der Waals surface area contributed by atoms with E-state index < -0.39 is 35.1 Å². The van der Waals surface area contributed by atoms with Gasteiger partial charge in [-0.1, -0.05) is 25.1 Å². The minimum absolute atomic E-state index is 0.316. The Morgan fingerprint density at radius 3 is 2.49 bits per heavy atom. The smallest absolute Gasteiger partial charge is 0.261 e. The molecule has 3 aromatic rings. The standard InChI is InChI=1S/C28H32FN3O4S/c1-6-28(3,4)31-27(35)25(19-9-7-10-21(16-19)36-5)32(20-12-13-22(29)18(2)15-20)24(33)17-30-26(34)23-11-8-14-37-23/h7-16,25H,6,17H2,1-5H3,(H,30,34)(H,31,35)/t25-/m1/s1. The van der Waals surface area contributed by atoms with Crippen LogP contribution in [0.15, 0.2) is 60.0 Å². The SMILES string of the molecule is CCC(C)(C)NC(=O)[C@@H](c1cccc(OC)c1)N(C(=O)CNC(=O)c1cccs1)c1ccc(F)c(C)c1. The molecule has 2 aromatic carbocycles. The fraction of sp³-hybridized carbons (Fsp3) is 0.321. The molecule has 2 N–H and O–H groups in total. The fourth-order valence-corrected chi connectivity index (χ4v) is 4.31. The maximum absolute atomic E-state index is 14.2. The summed E-state index contributed by atoms with van der Waals surface area (Å²) in [5.41, 5.74) is 0.599. The number of halogens is 1. The van der Waals surface area contributed by atoms with Gasteiger partial charge in [0, 0.05) is 11.2 Å². The molecule has 1 atom stereocenters. The molecule has 0 fully saturated rings. The molecule has 7 nitrogen and oxygen atoms in total. The summed E-state index contributed by atoms with van der Waals surface area (Å²) in [5, 5.41) is 7.43. The molecule has 37 heavy (non-hydrogen) atoms. The van der Waals surface area contributed by atoms with Gasteiger partial charge in [-0.2, -0.15) is 0 Å². The number of aryl methyl sites for hydroxylation is 1. The maximum Gasteiger partial charge on any atom is 0.261 e. The monoisotopic (exact) mass is 525 g/mol. The lowest BCUT2D eigenvalue weighted by Crippen LogP contribution is -2.52. The van der Waals surface area contributed by atoms with Gasteiger partial charge < -0.3 is 15.4 Å². The number of hydrogen-bond acceptors (Lipinski definition) is 5. The van der Waals surface area contributed by atoms with Crippen LogP contribution in [0, 0.1) is 12.7 Å². The van der Waals surface area contributed by atoms with Crippen LogP contribution >= 0.6 is 11.3 Å². The number of anilines is 1. The van der Waals surface area contributed by atoms with Crippen LogP contribution < -0.4 is 20.3 Å². The molecule has 0 aliphatic heterocycles. The first kappa shape index (κ1) is 27.9. The normalized spacial score (nSPS) is 11.9. The highest BCUT2D eigenvalue weighted by Crippen LogP contribution is 2.31. The zero-order chi connectivity index (χ0) is 27.2. The van der Waals surface area contributed by atoms with Crippen molar-refractivity contribution in [3.8, 4) is 5.75 Å². The van der Waals surface area contributed by atoms with Gasteiger partial charge in [-0.05, 0) is 80.1 Å². The van der Waals surface area contributed by atoms with Gasteiger partial charge >= 0.3 is 0 Å². The molecular formula is C28H32FN3O4S. The lowest BCUT2D eigenvalue weighted by atomic mass is 9.98. The van der Waals surface area contributed by atoms with E-state index in [0.29, 0.717) is 33.9 Å². The fourth-order valence-electron chi connectivity index (χ4n) is 3.67. The Kier molecular flexibility index (Phi) is 9.04. The zero-order valence-corrected chi connectivity index (χ0v) is 22.4. The number of hydrogen-bond donors (Lipinski definition) is 2. The van der Waals surface area contributed by atoms with E-state index in [4.69, 9.17) is 4.74 Å². The van der Waals surface area contributed by atoms with E-state index in [1.54, 1.807) is 48.7 Å². The second kappa shape index (κ2) is 12.0. The largest absolute Gasteiger partial charge is 0.497 e. The van der Waals surface area contributed by atoms with Crippen molar-refractivity contribution in [2.75, 3.05) is 18.6 Å². The quantitative estimate of drug-likeness (QED) is 0.389. The number of carbonyl (C=O) groups is 3. The van der Waals surface area contributed by atoms with Crippen LogP contribution in [-0.4, -0.2) is 36.9 Å². The summed E-state index contributed by atoms with van der Waals surface area (Å²) in [6, 6.07) is 13.4. The van der Waals surface area contributed by atoms with Crippen LogP contribution in [0.2, 0.25) is 0 Å². The first-order valence-electron chi connectivity index (χ1n) is 11.9. The highest BCUT2D eigenvalue weighted by Gasteiger charge is 2.35. The molecule has 0 aliphatic rings. The third kappa shape index (κ3) is 6.95. The Morgan fingerprint density at radius 1 is 1.11 bits per heavy atom. The van der Waals surface area contributed by atoms with Crippen molar-refractivity contribution in [3.63, 3.8) is 0 Å². The summed E-state index contributed by atoms with van der Waals surface area (Å²) in [5.74, 6) is -1.27. The molecule has 196 valence electrons. The third-order valence-electron chi connectivity index (χ3n) is 6.10. The molecule has 1 aromatic heterocycles. The van der Waals surface area contributed by atoms with Gasteiger partial charge in [-0.15, -0.1) is 11.3 Å². The van der Waals surface area contributed by atoms with E-state index in [1.807, 2.05) is 20.8 Å². The predicted octanol–water partition coefficient (Wildman–Crippen LogP) is 5.01. The molecule has 3 rings (SSSR count). The summed E-state index contributed by atoms with van der Waals surface area (Å²) in [6.45, 7) is 6.96. The van der Waals surface area contributed by atoms with E-state index in [2.05, 4.69) is 10.6 Å². The lowest BCUT2D eigenvalue weighted by Gasteiger charge is -2.35. The van der Waals surface area contributed by atoms with Gasteiger partial charge in [0.15, 0.2) is 0 Å². The molecule has 1 heterocycles. The second-order valence-corrected chi connectivity index (χ2v) is 10.2. The van der Waals surface area contributed by atoms with Gasteiger partial charge in [-0.25, -0.2) is 4.39 Å². The van der Waals surface area contributed by atoms with E-state index in [-0.39, 0.29) is 6.54 Å². The molecule has 0 saturated heterocycles. The maximum atomic E-state index is 14.2. The van der Waals surface area contributed by atoms with E-state index in [1.165, 1.54) is 41.5 Å². The summed E-state index contributed by atoms with van der Waals surface area (Å²) < 4.78 is 19.5. The number of ether oxygens (including phenoxy) is 1. The summed E-state index contributed by atoms with van der Waals surface area (Å²) >= 11 is 1.26. The van der Waals surface area contributed by atoms with Crippen LogP contribution in [0.4, 0.5) is 10.1 Å². The minimum atomic E-state index is -1.11. The number of nitrogens with zero attached hydrogens (tertiary/aromatic N) is 1. The average Bonchev–Trinajstić information content (AvgIpc) is 3.42. The highest BCUT2D eigenvalue weighted by atomic mass is 32.1. The van der Waals surface area contributed by atoms with Crippen molar-refractivity contribution in [2.24, 2.45) is 0 Å². The van der Waals surface area contributed by atoms with Crippen molar-refractivity contribution in [1.29, 1.82) is 0 Å². The Bertz CT molecular complexity index is 1260. The molecule has 0 unspecified atom stereocenters. The number of rotatable bonds is 10. The average molecular weight is 526 g/mol. The Balaban J connectivity index is 2.08. The van der Waals surface area contributed by atoms with E-state index in [0.717, 1.165) is 0 Å². The number of nitrogens with one attached hydrogen (secondary N) is 2. The van der Waals surface area contributed by atoms with Crippen LogP contribution in [0.5, 0.6) is 5.75 Å². The zero-order valence-electron chi connectivity index (χ0n) is 21.6. The first-order chi connectivity index (χ1) is 17.6. The molecular weight excluding hydrogens is 493 g/mol. The molecule has 0 spiro atoms. The Morgan fingerprint density at radius 2 is 1.86 bits per heavy atom. The van der Waals surface area contributed by atoms with Crippen molar-refractivity contribution in [3.05, 3.63) is 81.8 Å². The molecule has 0 saturated carbocycles. The highest BCUT2D eigenvalue weighted by molar-refractivity contribution is 7.12. The molecule has 0 aliphatic carbocycles. The summed E-state index contributed by atoms with van der Waals surface area (Å²) in [6.07, 6.45) is 0.657. The molecule has 0 radical (unpaired) electrons. The van der Waals surface area contributed by atoms with Crippen LogP contribution in [0.25, 0.3) is 0 Å². The summed E-state index contributed by atoms with van der Waals surface area (Å²) in [4.78, 5) is 41.8. The van der Waals surface area contributed by atoms with Gasteiger partial charge in [0.2, 0.25) is 11.8 Å². The van der Waals surface area contributed by atoms with E-state index >= 15 is 0 Å². The van der Waals surface area contributed by atoms with E-state index in [9.17, 15) is 18.8 Å². The minimum Gasteiger partial charge on any atom is -0.497 e. The van der Waals surface area contributed by atoms with Crippen molar-refractivity contribution >= 4 is 34.7 Å². The van der Waals surface area contributed by atoms with Crippen molar-refractivity contribution in [2.45, 2.75) is 45.7 Å². The first-order valence-corrected chi connectivity index (χ1v) is 12.8. The van der Waals surface area contributed by atoms with Crippen LogP contribution in [-0.2, 0) is 9.59 Å². The van der Waals surface area contributed by atoms with Crippen LogP contribution in [0.1, 0.15) is 54.0 Å². The topological polar surface area (TPSA) is 87.7 Å². The Labute approximate surface area is 220 Å². The Hall–Kier alpha value is -3.72. The predicted molar refractivity (Wildman–Crippen MR) is 144 cm³/mol. The van der Waals surface area contributed by atoms with Crippen LogP contribution in [0.3, 0.4) is 0 Å². The number of amides is 3. The number of benzene rings is 2. The number of thiophene rings is 1. The lowest BCUT2D eigenvalue weighted by molar-refractivity contribution is -0.127. The third-order valence-corrected chi connectivity index (χ3v) is 6.96. The number of methoxy groups -OCH3 is 1. The second-order valence-electron chi connectivity index (χ2n) is 9.26. The van der Waals surface area contributed by atoms with Crippen molar-refractivity contribution < 1.29 is 23.5 Å². The van der Waals surface area contributed by atoms with Gasteiger partial charge in [0.25, 0.3) is 5.91 Å². The molecule has 9 heteroatoms. The van der Waals surface area contributed by atoms with Gasteiger partial charge in [0.05, 0.1) is 18.5 Å². The molecule has 0 bridgehead atoms. The molecule has 3 amide bonds. The summed E-state index contributed by atoms with van der Waals surface area (Å²) in [7, 11) is 1.51. The van der Waals surface area contributed by atoms with Gasteiger partial charge in [0.1, 0.15) is 17.6 Å². The van der Waals surface area contributed by atoms with Crippen molar-refractivity contribution in [1.82, 2.24) is 10.6 Å².